The summed E-state index contributed by atoms with van der Waals surface area (Å²) < 4.78 is 0.870. The number of carbonyl (C=O) groups is 3. The number of imide groups is 1. The van der Waals surface area contributed by atoms with E-state index < -0.39 is 5.25 Å². The molecule has 1 aliphatic rings. The van der Waals surface area contributed by atoms with Crippen LogP contribution in [0.3, 0.4) is 0 Å². The third kappa shape index (κ3) is 4.32. The molecule has 0 bridgehead atoms. The number of para-hydroxylation sites is 1. The van der Waals surface area contributed by atoms with Crippen molar-refractivity contribution in [1.29, 1.82) is 0 Å². The second-order valence-corrected chi connectivity index (χ2v) is 8.83. The highest BCUT2D eigenvalue weighted by Crippen LogP contribution is 2.36. The Labute approximate surface area is 186 Å². The van der Waals surface area contributed by atoms with Gasteiger partial charge in [0.25, 0.3) is 5.91 Å². The summed E-state index contributed by atoms with van der Waals surface area (Å²) in [6.07, 6.45) is 0.0915. The molecule has 0 aliphatic carbocycles. The van der Waals surface area contributed by atoms with E-state index in [0.29, 0.717) is 21.8 Å². The van der Waals surface area contributed by atoms with Crippen LogP contribution in [0, 0.1) is 0 Å². The standard InChI is InChI=1S/C23H17BrN2O3S/c24-15-10-12-17(13-11-15)26-21(27)14-20(23(26)29)30-19-9-5-4-8-18(19)22(28)25-16-6-2-1-3-7-16/h1-13,20H,14H2,(H,25,28). The van der Waals surface area contributed by atoms with Crippen molar-refractivity contribution < 1.29 is 14.4 Å². The van der Waals surface area contributed by atoms with Crippen LogP contribution >= 0.6 is 27.7 Å². The van der Waals surface area contributed by atoms with Gasteiger partial charge in [-0.05, 0) is 48.5 Å². The van der Waals surface area contributed by atoms with Gasteiger partial charge in [-0.2, -0.15) is 0 Å². The van der Waals surface area contributed by atoms with Crippen molar-refractivity contribution >= 4 is 56.8 Å². The number of hydrogen-bond donors (Lipinski definition) is 1. The molecule has 7 heteroatoms. The van der Waals surface area contributed by atoms with Crippen molar-refractivity contribution in [3.63, 3.8) is 0 Å². The highest BCUT2D eigenvalue weighted by Gasteiger charge is 2.40. The summed E-state index contributed by atoms with van der Waals surface area (Å²) in [6, 6.07) is 23.3. The average Bonchev–Trinajstić information content (AvgIpc) is 3.03. The van der Waals surface area contributed by atoms with Crippen molar-refractivity contribution in [2.45, 2.75) is 16.6 Å². The summed E-state index contributed by atoms with van der Waals surface area (Å²) in [5.41, 5.74) is 1.70. The Hall–Kier alpha value is -2.90. The van der Waals surface area contributed by atoms with E-state index >= 15 is 0 Å². The van der Waals surface area contributed by atoms with Crippen molar-refractivity contribution in [2.24, 2.45) is 0 Å². The third-order valence-corrected chi connectivity index (χ3v) is 6.41. The number of amides is 3. The van der Waals surface area contributed by atoms with Crippen molar-refractivity contribution in [1.82, 2.24) is 0 Å². The Bertz CT molecular complexity index is 1100. The van der Waals surface area contributed by atoms with Gasteiger partial charge in [-0.3, -0.25) is 14.4 Å². The number of anilines is 2. The van der Waals surface area contributed by atoms with Crippen molar-refractivity contribution in [3.05, 3.63) is 88.9 Å². The number of nitrogens with zero attached hydrogens (tertiary/aromatic N) is 1. The molecule has 0 spiro atoms. The SMILES string of the molecule is O=C(Nc1ccccc1)c1ccccc1SC1CC(=O)N(c2ccc(Br)cc2)C1=O. The summed E-state index contributed by atoms with van der Waals surface area (Å²) in [7, 11) is 0. The van der Waals surface area contributed by atoms with Crippen LogP contribution in [0.5, 0.6) is 0 Å². The van der Waals surface area contributed by atoms with E-state index in [2.05, 4.69) is 21.2 Å². The summed E-state index contributed by atoms with van der Waals surface area (Å²) in [4.78, 5) is 40.1. The van der Waals surface area contributed by atoms with Crippen molar-refractivity contribution in [3.8, 4) is 0 Å². The quantitative estimate of drug-likeness (QED) is 0.514. The van der Waals surface area contributed by atoms with Crippen LogP contribution in [-0.2, 0) is 9.59 Å². The molecule has 0 saturated carbocycles. The molecule has 3 amide bonds. The van der Waals surface area contributed by atoms with E-state index in [1.807, 2.05) is 36.4 Å². The lowest BCUT2D eigenvalue weighted by Gasteiger charge is -2.16. The lowest BCUT2D eigenvalue weighted by molar-refractivity contribution is -0.121. The second kappa shape index (κ2) is 8.85. The van der Waals surface area contributed by atoms with Gasteiger partial charge in [0.1, 0.15) is 0 Å². The molecular formula is C23H17BrN2O3S. The highest BCUT2D eigenvalue weighted by molar-refractivity contribution is 9.10. The third-order valence-electron chi connectivity index (χ3n) is 4.62. The van der Waals surface area contributed by atoms with Gasteiger partial charge in [0, 0.05) is 21.5 Å². The molecule has 1 atom stereocenters. The molecule has 4 rings (SSSR count). The van der Waals surface area contributed by atoms with E-state index in [1.165, 1.54) is 16.7 Å². The van der Waals surface area contributed by atoms with E-state index in [-0.39, 0.29) is 24.1 Å². The fourth-order valence-corrected chi connectivity index (χ4v) is 4.64. The molecule has 1 fully saturated rings. The van der Waals surface area contributed by atoms with Crippen LogP contribution in [0.4, 0.5) is 11.4 Å². The highest BCUT2D eigenvalue weighted by atomic mass is 79.9. The Morgan fingerprint density at radius 2 is 1.60 bits per heavy atom. The molecule has 3 aromatic rings. The van der Waals surface area contributed by atoms with E-state index in [0.717, 1.165) is 4.47 Å². The van der Waals surface area contributed by atoms with Crippen LogP contribution in [0.2, 0.25) is 0 Å². The second-order valence-electron chi connectivity index (χ2n) is 6.67. The first-order valence-corrected chi connectivity index (χ1v) is 10.9. The predicted octanol–water partition coefficient (Wildman–Crippen LogP) is 5.13. The normalized spacial score (nSPS) is 16.0. The van der Waals surface area contributed by atoms with Crippen LogP contribution < -0.4 is 10.2 Å². The Balaban J connectivity index is 1.53. The van der Waals surface area contributed by atoms with Gasteiger partial charge in [0.15, 0.2) is 0 Å². The van der Waals surface area contributed by atoms with Crippen LogP contribution in [0.25, 0.3) is 0 Å². The Kier molecular flexibility index (Phi) is 6.01. The fourth-order valence-electron chi connectivity index (χ4n) is 3.19. The van der Waals surface area contributed by atoms with E-state index in [9.17, 15) is 14.4 Å². The Morgan fingerprint density at radius 3 is 2.33 bits per heavy atom. The van der Waals surface area contributed by atoms with Gasteiger partial charge in [0.05, 0.1) is 16.5 Å². The zero-order valence-electron chi connectivity index (χ0n) is 15.7. The number of halogens is 1. The van der Waals surface area contributed by atoms with Crippen LogP contribution in [-0.4, -0.2) is 23.0 Å². The number of carbonyl (C=O) groups excluding carboxylic acids is 3. The van der Waals surface area contributed by atoms with Gasteiger partial charge in [0.2, 0.25) is 11.8 Å². The predicted molar refractivity (Wildman–Crippen MR) is 122 cm³/mol. The van der Waals surface area contributed by atoms with Gasteiger partial charge < -0.3 is 5.32 Å². The zero-order valence-corrected chi connectivity index (χ0v) is 18.2. The first-order valence-electron chi connectivity index (χ1n) is 9.27. The molecular weight excluding hydrogens is 464 g/mol. The fraction of sp³-hybridized carbons (Fsp3) is 0.0870. The molecule has 150 valence electrons. The minimum absolute atomic E-state index is 0.0915. The summed E-state index contributed by atoms with van der Waals surface area (Å²) in [6.45, 7) is 0. The first kappa shape index (κ1) is 20.4. The smallest absolute Gasteiger partial charge is 0.256 e. The number of nitrogens with one attached hydrogen (secondary N) is 1. The molecule has 1 unspecified atom stereocenters. The molecule has 1 saturated heterocycles. The van der Waals surface area contributed by atoms with Crippen LogP contribution in [0.1, 0.15) is 16.8 Å². The zero-order chi connectivity index (χ0) is 21.1. The number of rotatable bonds is 5. The molecule has 3 aromatic carbocycles. The topological polar surface area (TPSA) is 66.5 Å². The first-order chi connectivity index (χ1) is 14.5. The molecule has 5 nitrogen and oxygen atoms in total. The minimum Gasteiger partial charge on any atom is -0.322 e. The maximum Gasteiger partial charge on any atom is 0.256 e. The molecule has 30 heavy (non-hydrogen) atoms. The van der Waals surface area contributed by atoms with Gasteiger partial charge >= 0.3 is 0 Å². The summed E-state index contributed by atoms with van der Waals surface area (Å²) in [5, 5.41) is 2.29. The number of hydrogen-bond acceptors (Lipinski definition) is 4. The summed E-state index contributed by atoms with van der Waals surface area (Å²) >= 11 is 4.60. The maximum absolute atomic E-state index is 12.9. The lowest BCUT2D eigenvalue weighted by Crippen LogP contribution is -2.31. The minimum atomic E-state index is -0.577. The molecule has 0 radical (unpaired) electrons. The van der Waals surface area contributed by atoms with Crippen LogP contribution in [0.15, 0.2) is 88.2 Å². The maximum atomic E-state index is 12.9. The molecule has 1 heterocycles. The summed E-state index contributed by atoms with van der Waals surface area (Å²) in [5.74, 6) is -0.775. The van der Waals surface area contributed by atoms with E-state index in [4.69, 9.17) is 0 Å². The molecule has 1 aliphatic heterocycles. The molecule has 1 N–H and O–H groups in total. The molecule has 0 aromatic heterocycles. The Morgan fingerprint density at radius 1 is 0.933 bits per heavy atom. The van der Waals surface area contributed by atoms with Gasteiger partial charge in [-0.1, -0.05) is 46.3 Å². The number of thioether (sulfide) groups is 1. The van der Waals surface area contributed by atoms with Gasteiger partial charge in [-0.25, -0.2) is 4.90 Å². The largest absolute Gasteiger partial charge is 0.322 e. The van der Waals surface area contributed by atoms with Crippen molar-refractivity contribution in [2.75, 3.05) is 10.2 Å². The average molecular weight is 481 g/mol. The number of benzene rings is 3. The van der Waals surface area contributed by atoms with Gasteiger partial charge in [-0.15, -0.1) is 11.8 Å². The lowest BCUT2D eigenvalue weighted by atomic mass is 10.2. The van der Waals surface area contributed by atoms with E-state index in [1.54, 1.807) is 42.5 Å². The monoisotopic (exact) mass is 480 g/mol.